The summed E-state index contributed by atoms with van der Waals surface area (Å²) in [5.41, 5.74) is 5.73. The highest BCUT2D eigenvalue weighted by molar-refractivity contribution is 5.78. The average molecular weight is 255 g/mol. The number of nitrogens with two attached hydrogens (primary N) is 1. The van der Waals surface area contributed by atoms with E-state index in [1.54, 1.807) is 0 Å². The summed E-state index contributed by atoms with van der Waals surface area (Å²) >= 11 is 0. The molecule has 1 aliphatic heterocycles. The van der Waals surface area contributed by atoms with Crippen molar-refractivity contribution in [3.63, 3.8) is 0 Å². The predicted molar refractivity (Wildman–Crippen MR) is 75.3 cm³/mol. The molecule has 1 amide bonds. The third kappa shape index (κ3) is 4.58. The quantitative estimate of drug-likeness (QED) is 0.805. The van der Waals surface area contributed by atoms with Crippen LogP contribution < -0.4 is 5.73 Å². The molecule has 4 nitrogen and oxygen atoms in total. The fraction of sp³-hybridized carbons (Fsp3) is 0.929. The normalized spacial score (nSPS) is 24.9. The van der Waals surface area contributed by atoms with Gasteiger partial charge >= 0.3 is 0 Å². The maximum absolute atomic E-state index is 12.4. The van der Waals surface area contributed by atoms with Crippen LogP contribution in [0.1, 0.15) is 40.0 Å². The van der Waals surface area contributed by atoms with Crippen LogP contribution in [0.4, 0.5) is 0 Å². The molecule has 1 saturated heterocycles. The second kappa shape index (κ2) is 7.10. The van der Waals surface area contributed by atoms with E-state index in [2.05, 4.69) is 30.7 Å². The minimum Gasteiger partial charge on any atom is -0.337 e. The molecule has 0 aliphatic carbocycles. The first-order chi connectivity index (χ1) is 8.41. The standard InChI is InChI=1S/C14H29N3O/c1-11(6-5-7-12(2)15)14(18)17-9-8-16(4)10-13(17)3/h11-13H,5-10,15H2,1-4H3. The van der Waals surface area contributed by atoms with Gasteiger partial charge in [0.1, 0.15) is 0 Å². The lowest BCUT2D eigenvalue weighted by Gasteiger charge is -2.39. The lowest BCUT2D eigenvalue weighted by molar-refractivity contribution is -0.139. The van der Waals surface area contributed by atoms with Crippen molar-refractivity contribution < 1.29 is 4.79 Å². The zero-order valence-electron chi connectivity index (χ0n) is 12.4. The van der Waals surface area contributed by atoms with Crippen LogP contribution in [0.15, 0.2) is 0 Å². The first-order valence-electron chi connectivity index (χ1n) is 7.16. The summed E-state index contributed by atoms with van der Waals surface area (Å²) in [5.74, 6) is 0.454. The first kappa shape index (κ1) is 15.4. The van der Waals surface area contributed by atoms with Crippen molar-refractivity contribution in [2.45, 2.75) is 52.1 Å². The van der Waals surface area contributed by atoms with E-state index in [4.69, 9.17) is 5.73 Å². The Morgan fingerprint density at radius 1 is 1.33 bits per heavy atom. The van der Waals surface area contributed by atoms with Crippen LogP contribution in [0.5, 0.6) is 0 Å². The van der Waals surface area contributed by atoms with E-state index in [-0.39, 0.29) is 12.0 Å². The number of nitrogens with zero attached hydrogens (tertiary/aromatic N) is 2. The van der Waals surface area contributed by atoms with Crippen molar-refractivity contribution in [1.82, 2.24) is 9.80 Å². The van der Waals surface area contributed by atoms with Gasteiger partial charge in [-0.25, -0.2) is 0 Å². The van der Waals surface area contributed by atoms with E-state index in [0.29, 0.717) is 11.9 Å². The summed E-state index contributed by atoms with van der Waals surface area (Å²) in [4.78, 5) is 16.7. The number of likely N-dealkylation sites (N-methyl/N-ethyl adjacent to an activating group) is 1. The molecule has 4 heteroatoms. The molecule has 2 N–H and O–H groups in total. The SMILES string of the molecule is CC(N)CCCC(C)C(=O)N1CCN(C)CC1C. The van der Waals surface area contributed by atoms with E-state index in [1.165, 1.54) is 0 Å². The smallest absolute Gasteiger partial charge is 0.225 e. The Hall–Kier alpha value is -0.610. The van der Waals surface area contributed by atoms with Gasteiger partial charge in [-0.2, -0.15) is 0 Å². The van der Waals surface area contributed by atoms with E-state index < -0.39 is 0 Å². The van der Waals surface area contributed by atoms with Crippen molar-refractivity contribution in [2.75, 3.05) is 26.7 Å². The van der Waals surface area contributed by atoms with Crippen molar-refractivity contribution in [3.05, 3.63) is 0 Å². The maximum atomic E-state index is 12.4. The molecule has 0 bridgehead atoms. The number of piperazine rings is 1. The summed E-state index contributed by atoms with van der Waals surface area (Å²) in [6.07, 6.45) is 3.02. The monoisotopic (exact) mass is 255 g/mol. The fourth-order valence-corrected chi connectivity index (χ4v) is 2.62. The van der Waals surface area contributed by atoms with E-state index in [0.717, 1.165) is 38.9 Å². The van der Waals surface area contributed by atoms with Crippen molar-refractivity contribution in [2.24, 2.45) is 11.7 Å². The molecular formula is C14H29N3O. The highest BCUT2D eigenvalue weighted by Crippen LogP contribution is 2.16. The molecule has 0 radical (unpaired) electrons. The van der Waals surface area contributed by atoms with Gasteiger partial charge in [0.25, 0.3) is 0 Å². The van der Waals surface area contributed by atoms with Gasteiger partial charge in [-0.1, -0.05) is 13.3 Å². The molecule has 3 unspecified atom stereocenters. The summed E-state index contributed by atoms with van der Waals surface area (Å²) in [7, 11) is 2.12. The third-order valence-electron chi connectivity index (χ3n) is 3.83. The van der Waals surface area contributed by atoms with Crippen molar-refractivity contribution in [1.29, 1.82) is 0 Å². The number of hydrogen-bond acceptors (Lipinski definition) is 3. The van der Waals surface area contributed by atoms with E-state index in [1.807, 2.05) is 6.92 Å². The highest BCUT2D eigenvalue weighted by Gasteiger charge is 2.28. The van der Waals surface area contributed by atoms with Crippen LogP contribution in [0.2, 0.25) is 0 Å². The number of carbonyl (C=O) groups is 1. The number of rotatable bonds is 5. The molecule has 3 atom stereocenters. The maximum Gasteiger partial charge on any atom is 0.225 e. The minimum atomic E-state index is 0.134. The zero-order chi connectivity index (χ0) is 13.7. The van der Waals surface area contributed by atoms with Crippen LogP contribution in [0, 0.1) is 5.92 Å². The van der Waals surface area contributed by atoms with Crippen LogP contribution >= 0.6 is 0 Å². The summed E-state index contributed by atoms with van der Waals surface area (Å²) in [6.45, 7) is 9.06. The van der Waals surface area contributed by atoms with Crippen LogP contribution in [-0.4, -0.2) is 54.5 Å². The molecule has 0 spiro atoms. The van der Waals surface area contributed by atoms with Crippen LogP contribution in [-0.2, 0) is 4.79 Å². The Kier molecular flexibility index (Phi) is 6.09. The molecule has 0 aromatic heterocycles. The molecule has 18 heavy (non-hydrogen) atoms. The van der Waals surface area contributed by atoms with Crippen molar-refractivity contribution in [3.8, 4) is 0 Å². The van der Waals surface area contributed by atoms with Gasteiger partial charge in [0.2, 0.25) is 5.91 Å². The summed E-state index contributed by atoms with van der Waals surface area (Å²) in [5, 5.41) is 0. The average Bonchev–Trinajstić information content (AvgIpc) is 2.27. The Morgan fingerprint density at radius 3 is 2.56 bits per heavy atom. The van der Waals surface area contributed by atoms with Crippen molar-refractivity contribution >= 4 is 5.91 Å². The van der Waals surface area contributed by atoms with E-state index >= 15 is 0 Å². The molecule has 0 aromatic rings. The molecule has 1 heterocycles. The number of amides is 1. The van der Waals surface area contributed by atoms with Crippen LogP contribution in [0.3, 0.4) is 0 Å². The molecular weight excluding hydrogens is 226 g/mol. The largest absolute Gasteiger partial charge is 0.337 e. The Morgan fingerprint density at radius 2 is 2.00 bits per heavy atom. The molecule has 0 saturated carbocycles. The molecule has 1 aliphatic rings. The summed E-state index contributed by atoms with van der Waals surface area (Å²) in [6, 6.07) is 0.585. The lowest BCUT2D eigenvalue weighted by Crippen LogP contribution is -2.54. The zero-order valence-corrected chi connectivity index (χ0v) is 12.4. The topological polar surface area (TPSA) is 49.6 Å². The van der Waals surface area contributed by atoms with Gasteiger partial charge in [-0.05, 0) is 33.7 Å². The second-order valence-corrected chi connectivity index (χ2v) is 5.95. The van der Waals surface area contributed by atoms with Gasteiger partial charge in [0.05, 0.1) is 0 Å². The van der Waals surface area contributed by atoms with Gasteiger partial charge < -0.3 is 15.5 Å². The Bertz CT molecular complexity index is 268. The lowest BCUT2D eigenvalue weighted by atomic mass is 9.99. The second-order valence-electron chi connectivity index (χ2n) is 5.95. The number of carbonyl (C=O) groups excluding carboxylic acids is 1. The fourth-order valence-electron chi connectivity index (χ4n) is 2.62. The van der Waals surface area contributed by atoms with Crippen LogP contribution in [0.25, 0.3) is 0 Å². The third-order valence-corrected chi connectivity index (χ3v) is 3.83. The molecule has 106 valence electrons. The minimum absolute atomic E-state index is 0.134. The van der Waals surface area contributed by atoms with Gasteiger partial charge in [-0.3, -0.25) is 4.79 Å². The van der Waals surface area contributed by atoms with Gasteiger partial charge in [0, 0.05) is 37.6 Å². The number of hydrogen-bond donors (Lipinski definition) is 1. The Balaban J connectivity index is 2.38. The highest BCUT2D eigenvalue weighted by atomic mass is 16.2. The van der Waals surface area contributed by atoms with E-state index in [9.17, 15) is 4.79 Å². The van der Waals surface area contributed by atoms with Gasteiger partial charge in [0.15, 0.2) is 0 Å². The summed E-state index contributed by atoms with van der Waals surface area (Å²) < 4.78 is 0. The van der Waals surface area contributed by atoms with Gasteiger partial charge in [-0.15, -0.1) is 0 Å². The molecule has 1 fully saturated rings. The predicted octanol–water partition coefficient (Wildman–Crippen LogP) is 1.30. The Labute approximate surface area is 111 Å². The first-order valence-corrected chi connectivity index (χ1v) is 7.16. The molecule has 1 rings (SSSR count). The molecule has 0 aromatic carbocycles.